The Labute approximate surface area is 102 Å². The molecule has 1 aromatic carbocycles. The minimum atomic E-state index is -1.13. The van der Waals surface area contributed by atoms with Crippen molar-refractivity contribution >= 4 is 28.8 Å². The van der Waals surface area contributed by atoms with Gasteiger partial charge in [0, 0.05) is 0 Å². The molecule has 0 aliphatic rings. The third-order valence-electron chi connectivity index (χ3n) is 2.19. The monoisotopic (exact) mass is 246 g/mol. The molecule has 2 N–H and O–H groups in total. The minimum absolute atomic E-state index is 0.330. The predicted molar refractivity (Wildman–Crippen MR) is 68.3 cm³/mol. The van der Waals surface area contributed by atoms with Gasteiger partial charge < -0.3 is 5.11 Å². The number of benzene rings is 1. The summed E-state index contributed by atoms with van der Waals surface area (Å²) in [5, 5.41) is 10.9. The van der Waals surface area contributed by atoms with E-state index in [2.05, 4.69) is 16.9 Å². The van der Waals surface area contributed by atoms with Crippen LogP contribution >= 0.6 is 11.3 Å². The molecule has 0 atom stereocenters. The lowest BCUT2D eigenvalue weighted by atomic mass is 10.1. The Bertz CT molecular complexity index is 549. The number of hydrogen-bond donors (Lipinski definition) is 2. The van der Waals surface area contributed by atoms with E-state index in [9.17, 15) is 4.79 Å². The molecule has 0 saturated heterocycles. The number of rotatable bonds is 3. The molecule has 4 nitrogen and oxygen atoms in total. The second-order valence-electron chi connectivity index (χ2n) is 3.30. The van der Waals surface area contributed by atoms with E-state index in [1.54, 1.807) is 5.51 Å². The average Bonchev–Trinajstić information content (AvgIpc) is 2.76. The number of thiazole rings is 1. The van der Waals surface area contributed by atoms with Gasteiger partial charge in [-0.1, -0.05) is 36.9 Å². The van der Waals surface area contributed by atoms with E-state index < -0.39 is 6.09 Å². The van der Waals surface area contributed by atoms with Gasteiger partial charge in [-0.3, -0.25) is 5.32 Å². The molecule has 86 valence electrons. The van der Waals surface area contributed by atoms with E-state index >= 15 is 0 Å². The highest BCUT2D eigenvalue weighted by atomic mass is 32.1. The summed E-state index contributed by atoms with van der Waals surface area (Å²) in [4.78, 5) is 15.3. The summed E-state index contributed by atoms with van der Waals surface area (Å²) < 4.78 is 0. The molecule has 2 rings (SSSR count). The van der Waals surface area contributed by atoms with Crippen molar-refractivity contribution < 1.29 is 9.90 Å². The molecule has 0 saturated carbocycles. The fourth-order valence-corrected chi connectivity index (χ4v) is 2.16. The molecular weight excluding hydrogens is 236 g/mol. The quantitative estimate of drug-likeness (QED) is 0.873. The molecule has 0 bridgehead atoms. The van der Waals surface area contributed by atoms with Gasteiger partial charge >= 0.3 is 6.09 Å². The second-order valence-corrected chi connectivity index (χ2v) is 4.16. The maximum absolute atomic E-state index is 10.6. The van der Waals surface area contributed by atoms with Gasteiger partial charge in [0.05, 0.1) is 10.4 Å². The summed E-state index contributed by atoms with van der Waals surface area (Å²) in [5.41, 5.74) is 3.30. The molecule has 0 unspecified atom stereocenters. The first-order chi connectivity index (χ1) is 8.18. The summed E-state index contributed by atoms with van der Waals surface area (Å²) in [5.74, 6) is 0.330. The first-order valence-electron chi connectivity index (χ1n) is 4.86. The number of hydrogen-bond acceptors (Lipinski definition) is 3. The Kier molecular flexibility index (Phi) is 3.20. The van der Waals surface area contributed by atoms with E-state index in [1.807, 2.05) is 30.3 Å². The van der Waals surface area contributed by atoms with Crippen molar-refractivity contribution in [2.24, 2.45) is 0 Å². The van der Waals surface area contributed by atoms with Crippen molar-refractivity contribution in [3.63, 3.8) is 0 Å². The summed E-state index contributed by atoms with van der Waals surface area (Å²) in [6.45, 7) is 3.97. The van der Waals surface area contributed by atoms with Crippen LogP contribution < -0.4 is 5.32 Å². The molecule has 1 aromatic heterocycles. The van der Waals surface area contributed by atoms with Crippen molar-refractivity contribution in [2.45, 2.75) is 0 Å². The van der Waals surface area contributed by atoms with E-state index in [0.29, 0.717) is 5.82 Å². The predicted octanol–water partition coefficient (Wildman–Crippen LogP) is 3.29. The van der Waals surface area contributed by atoms with Crippen molar-refractivity contribution in [1.29, 1.82) is 0 Å². The first kappa shape index (κ1) is 11.3. The van der Waals surface area contributed by atoms with Gasteiger partial charge in [0.25, 0.3) is 0 Å². The van der Waals surface area contributed by atoms with Crippen molar-refractivity contribution in [3.05, 3.63) is 52.9 Å². The van der Waals surface area contributed by atoms with Crippen LogP contribution in [0.25, 0.3) is 5.57 Å². The average molecular weight is 246 g/mol. The zero-order valence-corrected chi connectivity index (χ0v) is 9.70. The third-order valence-corrected chi connectivity index (χ3v) is 3.08. The fraction of sp³-hybridized carbons (Fsp3) is 0. The summed E-state index contributed by atoms with van der Waals surface area (Å²) >= 11 is 1.36. The van der Waals surface area contributed by atoms with Gasteiger partial charge in [-0.2, -0.15) is 0 Å². The van der Waals surface area contributed by atoms with Gasteiger partial charge in [-0.05, 0) is 11.1 Å². The highest BCUT2D eigenvalue weighted by Gasteiger charge is 2.12. The third kappa shape index (κ3) is 2.51. The number of nitrogens with zero attached hydrogens (tertiary/aromatic N) is 1. The number of carboxylic acid groups (broad SMARTS) is 1. The highest BCUT2D eigenvalue weighted by molar-refractivity contribution is 7.11. The van der Waals surface area contributed by atoms with Crippen molar-refractivity contribution in [2.75, 3.05) is 5.32 Å². The van der Waals surface area contributed by atoms with Crippen molar-refractivity contribution in [3.8, 4) is 0 Å². The van der Waals surface area contributed by atoms with Gasteiger partial charge in [0.2, 0.25) is 0 Å². The maximum Gasteiger partial charge on any atom is 0.410 e. The van der Waals surface area contributed by atoms with E-state index in [-0.39, 0.29) is 0 Å². The number of aromatic nitrogens is 1. The van der Waals surface area contributed by atoms with Crippen LogP contribution in [0.4, 0.5) is 10.6 Å². The molecule has 0 aliphatic heterocycles. The Morgan fingerprint density at radius 2 is 2.06 bits per heavy atom. The molecule has 1 heterocycles. The summed E-state index contributed by atoms with van der Waals surface area (Å²) in [7, 11) is 0. The van der Waals surface area contributed by atoms with Crippen LogP contribution in [0.5, 0.6) is 0 Å². The molecule has 5 heteroatoms. The highest BCUT2D eigenvalue weighted by Crippen LogP contribution is 2.30. The summed E-state index contributed by atoms with van der Waals surface area (Å²) in [6.07, 6.45) is -1.13. The maximum atomic E-state index is 10.6. The standard InChI is InChI=1S/C12H10N2O2S/c1-8(9-5-3-2-4-6-9)10-11(13-7-17-10)14-12(15)16/h2-7,14H,1H2,(H,15,16). The molecule has 2 aromatic rings. The lowest BCUT2D eigenvalue weighted by molar-refractivity contribution is 0.209. The zero-order chi connectivity index (χ0) is 12.3. The van der Waals surface area contributed by atoms with E-state index in [4.69, 9.17) is 5.11 Å². The second kappa shape index (κ2) is 4.80. The topological polar surface area (TPSA) is 62.2 Å². The van der Waals surface area contributed by atoms with Crippen molar-refractivity contribution in [1.82, 2.24) is 4.98 Å². The van der Waals surface area contributed by atoms with Crippen LogP contribution in [0.1, 0.15) is 10.4 Å². The van der Waals surface area contributed by atoms with Crippen LogP contribution in [-0.2, 0) is 0 Å². The molecule has 17 heavy (non-hydrogen) atoms. The van der Waals surface area contributed by atoms with Gasteiger partial charge in [0.1, 0.15) is 0 Å². The smallest absolute Gasteiger partial charge is 0.410 e. The minimum Gasteiger partial charge on any atom is -0.465 e. The molecule has 0 aliphatic carbocycles. The molecule has 1 amide bonds. The SMILES string of the molecule is C=C(c1ccccc1)c1scnc1NC(=O)O. The lowest BCUT2D eigenvalue weighted by Gasteiger charge is -2.05. The van der Waals surface area contributed by atoms with Gasteiger partial charge in [-0.25, -0.2) is 9.78 Å². The fourth-order valence-electron chi connectivity index (χ4n) is 1.42. The summed E-state index contributed by atoms with van der Waals surface area (Å²) in [6, 6.07) is 9.58. The van der Waals surface area contributed by atoms with Crippen LogP contribution in [0.15, 0.2) is 42.4 Å². The Hall–Kier alpha value is -2.14. The Morgan fingerprint density at radius 3 is 2.71 bits per heavy atom. The molecular formula is C12H10N2O2S. The van der Waals surface area contributed by atoms with Crippen LogP contribution in [-0.4, -0.2) is 16.2 Å². The van der Waals surface area contributed by atoms with E-state index in [0.717, 1.165) is 16.0 Å². The lowest BCUT2D eigenvalue weighted by Crippen LogP contribution is -2.08. The van der Waals surface area contributed by atoms with Gasteiger partial charge in [0.15, 0.2) is 5.82 Å². The molecule has 0 fully saturated rings. The normalized spacial score (nSPS) is 9.88. The number of amides is 1. The zero-order valence-electron chi connectivity index (χ0n) is 8.88. The number of carbonyl (C=O) groups is 1. The van der Waals surface area contributed by atoms with Gasteiger partial charge in [-0.15, -0.1) is 11.3 Å². The number of anilines is 1. The number of nitrogens with one attached hydrogen (secondary N) is 1. The molecule has 0 spiro atoms. The van der Waals surface area contributed by atoms with Crippen LogP contribution in [0, 0.1) is 0 Å². The van der Waals surface area contributed by atoms with Crippen LogP contribution in [0.3, 0.4) is 0 Å². The molecule has 0 radical (unpaired) electrons. The van der Waals surface area contributed by atoms with E-state index in [1.165, 1.54) is 11.3 Å². The first-order valence-corrected chi connectivity index (χ1v) is 5.74. The Balaban J connectivity index is 2.32. The Morgan fingerprint density at radius 1 is 1.35 bits per heavy atom. The largest absolute Gasteiger partial charge is 0.465 e. The van der Waals surface area contributed by atoms with Crippen LogP contribution in [0.2, 0.25) is 0 Å².